The van der Waals surface area contributed by atoms with Gasteiger partial charge < -0.3 is 14.7 Å². The molecule has 0 amide bonds. The lowest BCUT2D eigenvalue weighted by molar-refractivity contribution is -0.0479. The zero-order valence-corrected chi connectivity index (χ0v) is 16.2. The first-order valence-electron chi connectivity index (χ1n) is 9.04. The lowest BCUT2D eigenvalue weighted by Crippen LogP contribution is -2.52. The summed E-state index contributed by atoms with van der Waals surface area (Å²) in [5.74, 6) is 1.57. The molecule has 4 nitrogen and oxygen atoms in total. The van der Waals surface area contributed by atoms with Crippen molar-refractivity contribution >= 4 is 11.6 Å². The second-order valence-corrected chi connectivity index (χ2v) is 7.91. The monoisotopic (exact) mass is 374 g/mol. The molecule has 0 radical (unpaired) electrons. The Morgan fingerprint density at radius 2 is 1.69 bits per heavy atom. The van der Waals surface area contributed by atoms with Gasteiger partial charge in [-0.1, -0.05) is 23.7 Å². The van der Waals surface area contributed by atoms with Gasteiger partial charge in [-0.25, -0.2) is 0 Å². The van der Waals surface area contributed by atoms with Crippen LogP contribution in [0.2, 0.25) is 5.02 Å². The summed E-state index contributed by atoms with van der Waals surface area (Å²) in [7, 11) is 4.02. The molecule has 0 saturated carbocycles. The van der Waals surface area contributed by atoms with E-state index in [1.165, 1.54) is 5.56 Å². The van der Waals surface area contributed by atoms with Gasteiger partial charge in [0.25, 0.3) is 0 Å². The molecule has 1 N–H and O–H groups in total. The van der Waals surface area contributed by atoms with Crippen LogP contribution >= 0.6 is 11.6 Å². The van der Waals surface area contributed by atoms with E-state index in [2.05, 4.69) is 21.9 Å². The van der Waals surface area contributed by atoms with Gasteiger partial charge in [-0.2, -0.15) is 0 Å². The number of likely N-dealkylation sites (tertiary alicyclic amines) is 1. The second-order valence-electron chi connectivity index (χ2n) is 7.48. The Kier molecular flexibility index (Phi) is 6.20. The Balaban J connectivity index is 1.57. The summed E-state index contributed by atoms with van der Waals surface area (Å²) < 4.78 is 5.84. The Labute approximate surface area is 160 Å². The van der Waals surface area contributed by atoms with Crippen molar-refractivity contribution in [3.05, 3.63) is 59.1 Å². The van der Waals surface area contributed by atoms with E-state index in [4.69, 9.17) is 16.3 Å². The second kappa shape index (κ2) is 8.40. The zero-order valence-electron chi connectivity index (χ0n) is 15.5. The molecule has 0 unspecified atom stereocenters. The fourth-order valence-electron chi connectivity index (χ4n) is 3.62. The van der Waals surface area contributed by atoms with Gasteiger partial charge in [0, 0.05) is 24.7 Å². The maximum Gasteiger partial charge on any atom is 0.127 e. The third kappa shape index (κ3) is 5.45. The van der Waals surface area contributed by atoms with Crippen LogP contribution in [-0.4, -0.2) is 54.2 Å². The highest BCUT2D eigenvalue weighted by Crippen LogP contribution is 2.26. The Hall–Kier alpha value is -1.59. The maximum atomic E-state index is 10.8. The smallest absolute Gasteiger partial charge is 0.127 e. The van der Waals surface area contributed by atoms with Crippen LogP contribution in [0.1, 0.15) is 18.4 Å². The van der Waals surface area contributed by atoms with Crippen LogP contribution in [0.4, 0.5) is 0 Å². The fourth-order valence-corrected chi connectivity index (χ4v) is 3.74. The molecule has 0 bridgehead atoms. The normalized spacial score (nSPS) is 21.1. The average Bonchev–Trinajstić information content (AvgIpc) is 2.58. The van der Waals surface area contributed by atoms with Gasteiger partial charge in [-0.3, -0.25) is 4.90 Å². The summed E-state index contributed by atoms with van der Waals surface area (Å²) in [6.07, 6.45) is 1.90. The quantitative estimate of drug-likeness (QED) is 0.828. The molecule has 2 aromatic carbocycles. The number of β-amino-alcohol motifs (C(OH)–C–C–N with tert-alkyl or cyclic N) is 1. The number of hydrogen-bond donors (Lipinski definition) is 1. The number of piperidine rings is 1. The summed E-state index contributed by atoms with van der Waals surface area (Å²) in [5, 5.41) is 11.5. The van der Waals surface area contributed by atoms with Gasteiger partial charge in [-0.05, 0) is 75.4 Å². The van der Waals surface area contributed by atoms with E-state index in [9.17, 15) is 5.11 Å². The molecular weight excluding hydrogens is 348 g/mol. The molecule has 26 heavy (non-hydrogen) atoms. The van der Waals surface area contributed by atoms with Crippen LogP contribution in [0.15, 0.2) is 48.5 Å². The van der Waals surface area contributed by atoms with E-state index in [1.807, 2.05) is 50.5 Å². The lowest BCUT2D eigenvalue weighted by Gasteiger charge is -2.40. The van der Waals surface area contributed by atoms with Crippen molar-refractivity contribution < 1.29 is 9.84 Å². The Morgan fingerprint density at radius 1 is 1.08 bits per heavy atom. The minimum absolute atomic E-state index is 0.612. The molecule has 140 valence electrons. The molecule has 1 saturated heterocycles. The SMILES string of the molecule is CN(C)C[C@@]1(O)CCCN(Cc2ccc(Oc3ccc(Cl)cc3)cc2)C1. The van der Waals surface area contributed by atoms with Crippen molar-refractivity contribution in [2.24, 2.45) is 0 Å². The van der Waals surface area contributed by atoms with Gasteiger partial charge in [0.1, 0.15) is 11.5 Å². The largest absolute Gasteiger partial charge is 0.457 e. The van der Waals surface area contributed by atoms with E-state index in [0.29, 0.717) is 18.1 Å². The molecule has 2 aromatic rings. The number of aliphatic hydroxyl groups is 1. The van der Waals surface area contributed by atoms with Crippen LogP contribution in [0.3, 0.4) is 0 Å². The number of benzene rings is 2. The number of halogens is 1. The van der Waals surface area contributed by atoms with Crippen molar-refractivity contribution in [3.63, 3.8) is 0 Å². The summed E-state index contributed by atoms with van der Waals surface area (Å²) in [6, 6.07) is 15.5. The Morgan fingerprint density at radius 3 is 2.31 bits per heavy atom. The molecule has 0 spiro atoms. The molecule has 1 heterocycles. The van der Waals surface area contributed by atoms with Crippen molar-refractivity contribution in [2.45, 2.75) is 25.0 Å². The lowest BCUT2D eigenvalue weighted by atomic mass is 9.92. The van der Waals surface area contributed by atoms with Crippen LogP contribution in [0, 0.1) is 0 Å². The van der Waals surface area contributed by atoms with E-state index in [1.54, 1.807) is 0 Å². The van der Waals surface area contributed by atoms with Crippen molar-refractivity contribution in [1.82, 2.24) is 9.80 Å². The van der Waals surface area contributed by atoms with Crippen molar-refractivity contribution in [2.75, 3.05) is 33.7 Å². The van der Waals surface area contributed by atoms with E-state index >= 15 is 0 Å². The summed E-state index contributed by atoms with van der Waals surface area (Å²) in [6.45, 7) is 3.29. The number of nitrogens with zero attached hydrogens (tertiary/aromatic N) is 2. The number of likely N-dealkylation sites (N-methyl/N-ethyl adjacent to an activating group) is 1. The van der Waals surface area contributed by atoms with Gasteiger partial charge in [-0.15, -0.1) is 0 Å². The third-order valence-corrected chi connectivity index (χ3v) is 4.88. The van der Waals surface area contributed by atoms with E-state index in [0.717, 1.165) is 37.4 Å². The van der Waals surface area contributed by atoms with Crippen LogP contribution in [-0.2, 0) is 6.54 Å². The molecule has 0 aromatic heterocycles. The van der Waals surface area contributed by atoms with Crippen molar-refractivity contribution in [3.8, 4) is 11.5 Å². The molecule has 3 rings (SSSR count). The molecule has 0 aliphatic carbocycles. The van der Waals surface area contributed by atoms with Gasteiger partial charge in [0.15, 0.2) is 0 Å². The average molecular weight is 375 g/mol. The zero-order chi connectivity index (χ0) is 18.6. The Bertz CT molecular complexity index is 703. The molecule has 1 aliphatic rings. The van der Waals surface area contributed by atoms with Gasteiger partial charge >= 0.3 is 0 Å². The predicted octanol–water partition coefficient (Wildman–Crippen LogP) is 4.02. The number of rotatable bonds is 6. The highest BCUT2D eigenvalue weighted by Gasteiger charge is 2.33. The number of hydrogen-bond acceptors (Lipinski definition) is 4. The molecule has 1 fully saturated rings. The molecule has 5 heteroatoms. The number of ether oxygens (including phenoxy) is 1. The van der Waals surface area contributed by atoms with Crippen molar-refractivity contribution in [1.29, 1.82) is 0 Å². The van der Waals surface area contributed by atoms with Crippen LogP contribution < -0.4 is 4.74 Å². The molecule has 1 atom stereocenters. The highest BCUT2D eigenvalue weighted by atomic mass is 35.5. The molecule has 1 aliphatic heterocycles. The summed E-state index contributed by atoms with van der Waals surface area (Å²) in [5.41, 5.74) is 0.613. The fraction of sp³-hybridized carbons (Fsp3) is 0.429. The minimum Gasteiger partial charge on any atom is -0.457 e. The minimum atomic E-state index is -0.612. The standard InChI is InChI=1S/C21H27ClN2O2/c1-23(2)15-21(25)12-3-13-24(16-21)14-17-4-8-19(9-5-17)26-20-10-6-18(22)7-11-20/h4-11,25H,3,12-16H2,1-2H3/t21-/m0/s1. The first-order valence-corrected chi connectivity index (χ1v) is 9.42. The third-order valence-electron chi connectivity index (χ3n) is 4.62. The van der Waals surface area contributed by atoms with E-state index in [-0.39, 0.29) is 0 Å². The first-order chi connectivity index (χ1) is 12.4. The summed E-state index contributed by atoms with van der Waals surface area (Å²) >= 11 is 5.90. The predicted molar refractivity (Wildman–Crippen MR) is 106 cm³/mol. The summed E-state index contributed by atoms with van der Waals surface area (Å²) in [4.78, 5) is 4.40. The van der Waals surface area contributed by atoms with Gasteiger partial charge in [0.05, 0.1) is 5.60 Å². The van der Waals surface area contributed by atoms with Gasteiger partial charge in [0.2, 0.25) is 0 Å². The molecular formula is C21H27ClN2O2. The maximum absolute atomic E-state index is 10.8. The first kappa shape index (κ1) is 19.2. The van der Waals surface area contributed by atoms with Crippen LogP contribution in [0.5, 0.6) is 11.5 Å². The topological polar surface area (TPSA) is 35.9 Å². The van der Waals surface area contributed by atoms with E-state index < -0.39 is 5.60 Å². The highest BCUT2D eigenvalue weighted by molar-refractivity contribution is 6.30. The van der Waals surface area contributed by atoms with Crippen LogP contribution in [0.25, 0.3) is 0 Å².